The Hall–Kier alpha value is -9.29. The van der Waals surface area contributed by atoms with Crippen LogP contribution in [0.3, 0.4) is 0 Å². The second-order valence-corrected chi connectivity index (χ2v) is 21.5. The van der Waals surface area contributed by atoms with Gasteiger partial charge in [-0.1, -0.05) is 185 Å². The average Bonchev–Trinajstić information content (AvgIpc) is 4.29. The minimum atomic E-state index is -0.618. The predicted octanol–water partition coefficient (Wildman–Crippen LogP) is 17.6. The van der Waals surface area contributed by atoms with Crippen molar-refractivity contribution in [3.8, 4) is 50.7 Å². The van der Waals surface area contributed by atoms with Crippen molar-refractivity contribution in [1.82, 2.24) is 18.9 Å². The molecule has 1 aliphatic carbocycles. The number of ether oxygens (including phenoxy) is 1. The van der Waals surface area contributed by atoms with Crippen LogP contribution >= 0.6 is 0 Å². The largest absolute Gasteiger partial charge is 0.509 e. The zero-order valence-electron chi connectivity index (χ0n) is 44.2. The van der Waals surface area contributed by atoms with Crippen molar-refractivity contribution < 1.29 is 25.8 Å². The van der Waals surface area contributed by atoms with Gasteiger partial charge in [-0.15, -0.1) is 48.8 Å². The fourth-order valence-corrected chi connectivity index (χ4v) is 12.3. The van der Waals surface area contributed by atoms with Gasteiger partial charge in [0.2, 0.25) is 5.78 Å². The van der Waals surface area contributed by atoms with Gasteiger partial charge in [0.15, 0.2) is 0 Å². The molecule has 1 aliphatic heterocycles. The molecule has 4 heterocycles. The molecule has 388 valence electrons. The Kier molecular flexibility index (Phi) is 11.8. The summed E-state index contributed by atoms with van der Waals surface area (Å²) in [4.78, 5) is 14.6. The first kappa shape index (κ1) is 49.0. The molecule has 0 unspecified atom stereocenters. The molecular formula is C72H51N6OPt-3. The SMILES string of the molecule is CC(C)(C)c1ccnc(-n2c3[c-]c(Oc4[c-]c(N5[CH-]N(c6c(-c7ccccc7)cc(C7(c8ccccc8)c8ccccc8-c8ccccc87)cc6-c6ccccc6)c6ccccc65)ccc4)ccc3n3c4ccccc4nc23)c1.[Pt]. The molecule has 15 rings (SSSR count). The number of para-hydroxylation sites is 4. The van der Waals surface area contributed by atoms with Gasteiger partial charge in [-0.25, -0.2) is 9.97 Å². The van der Waals surface area contributed by atoms with Crippen molar-refractivity contribution >= 4 is 50.6 Å². The standard InChI is InChI=1S/C72H51N6O.Pt/c1-71(2,3)51-40-41-73-68(44-51)78-67-46-55(38-39-66(67)77-63-35-18-17-34-62(63)74-70(77)78)79-54-29-21-28-53(45-54)75-47-76(65-37-20-19-36-64(65)75)69-58(48-22-7-4-8-23-48)42-52(43-59(69)49-24-9-5-10-25-49)72(50-26-11-6-12-27-50)60-32-15-13-30-56(60)57-31-14-16-33-61(57)72;/h4-44,47H,1-3H3;/q-3;. The summed E-state index contributed by atoms with van der Waals surface area (Å²) in [6.07, 6.45) is 1.88. The van der Waals surface area contributed by atoms with Crippen LogP contribution in [0.1, 0.15) is 48.6 Å². The Morgan fingerprint density at radius 2 is 1.09 bits per heavy atom. The predicted molar refractivity (Wildman–Crippen MR) is 320 cm³/mol. The number of pyridine rings is 1. The first-order chi connectivity index (χ1) is 38.8. The number of hydrogen-bond donors (Lipinski definition) is 0. The van der Waals surface area contributed by atoms with Crippen LogP contribution in [0.2, 0.25) is 0 Å². The number of nitrogens with zero attached hydrogens (tertiary/aromatic N) is 6. The molecule has 0 fully saturated rings. The molecule has 7 nitrogen and oxygen atoms in total. The van der Waals surface area contributed by atoms with E-state index in [0.29, 0.717) is 11.5 Å². The molecule has 0 N–H and O–H groups in total. The van der Waals surface area contributed by atoms with E-state index in [1.807, 2.05) is 42.6 Å². The van der Waals surface area contributed by atoms with E-state index in [1.54, 1.807) is 0 Å². The van der Waals surface area contributed by atoms with E-state index in [2.05, 4.69) is 265 Å². The molecule has 0 bridgehead atoms. The Bertz CT molecular complexity index is 4400. The Labute approximate surface area is 479 Å². The minimum absolute atomic E-state index is 0. The van der Waals surface area contributed by atoms with Crippen LogP contribution in [0.25, 0.3) is 67.0 Å². The first-order valence-corrected chi connectivity index (χ1v) is 26.9. The van der Waals surface area contributed by atoms with E-state index in [0.717, 1.165) is 78.7 Å². The fourth-order valence-electron chi connectivity index (χ4n) is 12.3. The molecule has 13 aromatic rings. The van der Waals surface area contributed by atoms with Crippen LogP contribution in [0.5, 0.6) is 11.5 Å². The van der Waals surface area contributed by atoms with Crippen LogP contribution in [0, 0.1) is 18.8 Å². The topological polar surface area (TPSA) is 50.8 Å². The third-order valence-corrected chi connectivity index (χ3v) is 15.9. The average molecular weight is 1210 g/mol. The van der Waals surface area contributed by atoms with Crippen molar-refractivity contribution in [1.29, 1.82) is 0 Å². The number of aromatic nitrogens is 4. The third-order valence-electron chi connectivity index (χ3n) is 15.9. The van der Waals surface area contributed by atoms with Crippen LogP contribution in [0.15, 0.2) is 249 Å². The molecule has 8 heteroatoms. The van der Waals surface area contributed by atoms with E-state index < -0.39 is 5.41 Å². The van der Waals surface area contributed by atoms with Gasteiger partial charge < -0.3 is 18.9 Å². The van der Waals surface area contributed by atoms with Crippen LogP contribution in [-0.4, -0.2) is 18.9 Å². The Morgan fingerprint density at radius 1 is 0.500 bits per heavy atom. The summed E-state index contributed by atoms with van der Waals surface area (Å²) in [6.45, 7) is 8.87. The van der Waals surface area contributed by atoms with Crippen molar-refractivity contribution in [2.75, 3.05) is 9.80 Å². The van der Waals surface area contributed by atoms with Crippen LogP contribution in [0.4, 0.5) is 22.7 Å². The monoisotopic (exact) mass is 1210 g/mol. The first-order valence-electron chi connectivity index (χ1n) is 26.9. The molecule has 80 heavy (non-hydrogen) atoms. The molecule has 0 saturated carbocycles. The molecular weight excluding hydrogens is 1160 g/mol. The summed E-state index contributed by atoms with van der Waals surface area (Å²) in [5, 5.41) is 0. The summed E-state index contributed by atoms with van der Waals surface area (Å²) in [6, 6.07) is 94.2. The van der Waals surface area contributed by atoms with Crippen molar-refractivity contribution in [2.24, 2.45) is 0 Å². The van der Waals surface area contributed by atoms with Crippen molar-refractivity contribution in [2.45, 2.75) is 31.6 Å². The van der Waals surface area contributed by atoms with E-state index in [9.17, 15) is 0 Å². The summed E-state index contributed by atoms with van der Waals surface area (Å²) in [7, 11) is 0. The zero-order valence-corrected chi connectivity index (χ0v) is 46.4. The summed E-state index contributed by atoms with van der Waals surface area (Å²) in [5.41, 5.74) is 20.0. The zero-order chi connectivity index (χ0) is 52.8. The second kappa shape index (κ2) is 19.3. The smallest absolute Gasteiger partial charge is 0.208 e. The number of benzene rings is 10. The molecule has 0 spiro atoms. The summed E-state index contributed by atoms with van der Waals surface area (Å²) < 4.78 is 11.1. The van der Waals surface area contributed by atoms with Gasteiger partial charge >= 0.3 is 0 Å². The summed E-state index contributed by atoms with van der Waals surface area (Å²) >= 11 is 0. The van der Waals surface area contributed by atoms with Gasteiger partial charge in [-0.05, 0) is 115 Å². The van der Waals surface area contributed by atoms with Gasteiger partial charge in [0.1, 0.15) is 5.82 Å². The molecule has 0 amide bonds. The maximum absolute atomic E-state index is 6.80. The number of imidazole rings is 2. The van der Waals surface area contributed by atoms with Gasteiger partial charge in [0, 0.05) is 67.0 Å². The quantitative estimate of drug-likeness (QED) is 0.135. The van der Waals surface area contributed by atoms with E-state index in [4.69, 9.17) is 14.7 Å². The van der Waals surface area contributed by atoms with E-state index in [-0.39, 0.29) is 26.5 Å². The third kappa shape index (κ3) is 7.74. The molecule has 3 aromatic heterocycles. The second-order valence-electron chi connectivity index (χ2n) is 21.5. The Morgan fingerprint density at radius 3 is 1.76 bits per heavy atom. The van der Waals surface area contributed by atoms with Crippen LogP contribution in [-0.2, 0) is 31.9 Å². The molecule has 2 aliphatic rings. The maximum Gasteiger partial charge on any atom is 0.208 e. The molecule has 10 aromatic carbocycles. The maximum atomic E-state index is 6.80. The van der Waals surface area contributed by atoms with E-state index in [1.165, 1.54) is 38.9 Å². The number of anilines is 4. The molecule has 0 saturated heterocycles. The van der Waals surface area contributed by atoms with Gasteiger partial charge in [-0.3, -0.25) is 4.57 Å². The fraction of sp³-hybridized carbons (Fsp3) is 0.0694. The van der Waals surface area contributed by atoms with Gasteiger partial charge in [-0.2, -0.15) is 6.07 Å². The number of hydrogen-bond acceptors (Lipinski definition) is 5. The normalized spacial score (nSPS) is 13.3. The Balaban J connectivity index is 0.00000577. The van der Waals surface area contributed by atoms with Gasteiger partial charge in [0.05, 0.1) is 16.4 Å². The number of fused-ring (bicyclic) bond motifs is 9. The van der Waals surface area contributed by atoms with Crippen molar-refractivity contribution in [3.05, 3.63) is 295 Å². The summed E-state index contributed by atoms with van der Waals surface area (Å²) in [5.74, 6) is 2.63. The minimum Gasteiger partial charge on any atom is -0.509 e. The molecule has 0 radical (unpaired) electrons. The van der Waals surface area contributed by atoms with Crippen molar-refractivity contribution in [3.63, 3.8) is 0 Å². The van der Waals surface area contributed by atoms with E-state index >= 15 is 0 Å². The molecule has 0 atom stereocenters. The van der Waals surface area contributed by atoms with Gasteiger partial charge in [0.25, 0.3) is 0 Å². The van der Waals surface area contributed by atoms with Crippen LogP contribution < -0.4 is 14.5 Å². The number of rotatable bonds is 9.